The van der Waals surface area contributed by atoms with Gasteiger partial charge in [-0.1, -0.05) is 30.3 Å². The molecule has 0 radical (unpaired) electrons. The van der Waals surface area contributed by atoms with E-state index < -0.39 is 12.0 Å². The second kappa shape index (κ2) is 7.95. The highest BCUT2D eigenvalue weighted by atomic mass is 16.5. The van der Waals surface area contributed by atoms with Gasteiger partial charge in [-0.15, -0.1) is 0 Å². The molecule has 0 unspecified atom stereocenters. The van der Waals surface area contributed by atoms with Gasteiger partial charge in [0, 0.05) is 11.6 Å². The smallest absolute Gasteiger partial charge is 0.273 e. The topological polar surface area (TPSA) is 91.2 Å². The molecule has 3 N–H and O–H groups in total. The van der Waals surface area contributed by atoms with E-state index in [0.717, 1.165) is 0 Å². The number of benzene rings is 2. The number of aromatic hydroxyl groups is 1. The number of amides is 1. The molecule has 2 rings (SSSR count). The minimum absolute atomic E-state index is 0.0162. The van der Waals surface area contributed by atoms with Crippen LogP contribution in [-0.2, 0) is 4.79 Å². The molecule has 0 spiro atoms. The van der Waals surface area contributed by atoms with Gasteiger partial charge in [0.15, 0.2) is 6.10 Å². The van der Waals surface area contributed by atoms with Gasteiger partial charge in [-0.2, -0.15) is 5.10 Å². The van der Waals surface area contributed by atoms with Crippen molar-refractivity contribution in [2.45, 2.75) is 13.0 Å². The molecule has 23 heavy (non-hydrogen) atoms. The highest BCUT2D eigenvalue weighted by molar-refractivity contribution is 5.86. The van der Waals surface area contributed by atoms with Crippen molar-refractivity contribution in [3.63, 3.8) is 0 Å². The molecule has 0 saturated carbocycles. The zero-order chi connectivity index (χ0) is 16.7. The first-order valence-corrected chi connectivity index (χ1v) is 7.13. The van der Waals surface area contributed by atoms with Gasteiger partial charge >= 0.3 is 0 Å². The lowest BCUT2D eigenvalue weighted by molar-refractivity contribution is -0.129. The third-order valence-electron chi connectivity index (χ3n) is 3.05. The Hall–Kier alpha value is -2.86. The number of nitrogens with one attached hydrogen (secondary N) is 1. The molecule has 0 aliphatic carbocycles. The molecule has 6 heteroatoms. The Kier molecular flexibility index (Phi) is 5.71. The zero-order valence-electron chi connectivity index (χ0n) is 12.6. The molecular weight excluding hydrogens is 296 g/mol. The van der Waals surface area contributed by atoms with Gasteiger partial charge in [0.1, 0.15) is 11.5 Å². The van der Waals surface area contributed by atoms with Crippen molar-refractivity contribution < 1.29 is 19.7 Å². The number of phenols is 1. The van der Waals surface area contributed by atoms with Gasteiger partial charge in [0.25, 0.3) is 5.91 Å². The minimum atomic E-state index is -1.30. The van der Waals surface area contributed by atoms with Crippen LogP contribution in [0.25, 0.3) is 0 Å². The first kappa shape index (κ1) is 16.5. The van der Waals surface area contributed by atoms with Gasteiger partial charge in [0.2, 0.25) is 0 Å². The number of carbonyl (C=O) groups is 1. The Balaban J connectivity index is 1.97. The van der Waals surface area contributed by atoms with Crippen molar-refractivity contribution in [1.29, 1.82) is 0 Å². The maximum atomic E-state index is 11.8. The Morgan fingerprint density at radius 3 is 2.70 bits per heavy atom. The summed E-state index contributed by atoms with van der Waals surface area (Å²) in [6.07, 6.45) is -0.0111. The third-order valence-corrected chi connectivity index (χ3v) is 3.05. The summed E-state index contributed by atoms with van der Waals surface area (Å²) >= 11 is 0. The predicted molar refractivity (Wildman–Crippen MR) is 86.4 cm³/mol. The molecule has 2 aromatic rings. The number of hydrogen-bond acceptors (Lipinski definition) is 5. The highest BCUT2D eigenvalue weighted by Crippen LogP contribution is 2.22. The quantitative estimate of drug-likeness (QED) is 0.561. The van der Waals surface area contributed by atoms with Crippen LogP contribution in [0.5, 0.6) is 11.5 Å². The van der Waals surface area contributed by atoms with E-state index in [9.17, 15) is 15.0 Å². The van der Waals surface area contributed by atoms with E-state index in [4.69, 9.17) is 4.74 Å². The average Bonchev–Trinajstić information content (AvgIpc) is 2.57. The number of hydrogen-bond donors (Lipinski definition) is 3. The van der Waals surface area contributed by atoms with Gasteiger partial charge in [-0.05, 0) is 24.6 Å². The second-order valence-corrected chi connectivity index (χ2v) is 4.70. The SMILES string of the molecule is CCOc1ccc(/C=N\NC(=O)[C@@H](O)c2ccccc2)c(O)c1. The molecule has 1 amide bonds. The average molecular weight is 314 g/mol. The monoisotopic (exact) mass is 314 g/mol. The van der Waals surface area contributed by atoms with Gasteiger partial charge < -0.3 is 14.9 Å². The molecule has 1 atom stereocenters. The summed E-state index contributed by atoms with van der Waals surface area (Å²) in [5.74, 6) is -0.124. The fourth-order valence-electron chi connectivity index (χ4n) is 1.90. The van der Waals surface area contributed by atoms with Crippen LogP contribution < -0.4 is 10.2 Å². The van der Waals surface area contributed by atoms with E-state index in [1.54, 1.807) is 42.5 Å². The fourth-order valence-corrected chi connectivity index (χ4v) is 1.90. The summed E-state index contributed by atoms with van der Waals surface area (Å²) in [7, 11) is 0. The van der Waals surface area contributed by atoms with Gasteiger partial charge in [-0.3, -0.25) is 4.79 Å². The number of phenolic OH excluding ortho intramolecular Hbond substituents is 1. The maximum Gasteiger partial charge on any atom is 0.273 e. The van der Waals surface area contributed by atoms with Crippen molar-refractivity contribution in [2.24, 2.45) is 5.10 Å². The van der Waals surface area contributed by atoms with Gasteiger partial charge in [-0.25, -0.2) is 5.43 Å². The minimum Gasteiger partial charge on any atom is -0.507 e. The van der Waals surface area contributed by atoms with Gasteiger partial charge in [0.05, 0.1) is 12.8 Å². The Morgan fingerprint density at radius 2 is 2.04 bits per heavy atom. The lowest BCUT2D eigenvalue weighted by atomic mass is 10.1. The standard InChI is InChI=1S/C17H18N2O4/c1-2-23-14-9-8-13(15(20)10-14)11-18-19-17(22)16(21)12-6-4-3-5-7-12/h3-11,16,20-21H,2H2,1H3,(H,19,22)/b18-11-/t16-/m0/s1. The molecule has 0 heterocycles. The number of ether oxygens (including phenoxy) is 1. The van der Waals surface area contributed by atoms with E-state index in [-0.39, 0.29) is 5.75 Å². The van der Waals surface area contributed by atoms with E-state index >= 15 is 0 Å². The Morgan fingerprint density at radius 1 is 1.30 bits per heavy atom. The number of rotatable bonds is 6. The lowest BCUT2D eigenvalue weighted by Crippen LogP contribution is -2.25. The third kappa shape index (κ3) is 4.55. The number of nitrogens with zero attached hydrogens (tertiary/aromatic N) is 1. The van der Waals surface area contributed by atoms with Crippen molar-refractivity contribution in [3.05, 3.63) is 59.7 Å². The second-order valence-electron chi connectivity index (χ2n) is 4.70. The molecule has 6 nitrogen and oxygen atoms in total. The molecule has 0 saturated heterocycles. The first-order valence-electron chi connectivity index (χ1n) is 7.13. The number of hydrazone groups is 1. The van der Waals surface area contributed by atoms with Crippen molar-refractivity contribution in [1.82, 2.24) is 5.43 Å². The molecule has 120 valence electrons. The summed E-state index contributed by atoms with van der Waals surface area (Å²) < 4.78 is 5.26. The first-order chi connectivity index (χ1) is 11.1. The summed E-state index contributed by atoms with van der Waals surface area (Å²) in [6.45, 7) is 2.35. The Bertz CT molecular complexity index is 686. The molecule has 2 aromatic carbocycles. The van der Waals surface area contributed by atoms with Crippen LogP contribution in [0, 0.1) is 0 Å². The van der Waals surface area contributed by atoms with Crippen molar-refractivity contribution in [2.75, 3.05) is 6.61 Å². The van der Waals surface area contributed by atoms with Crippen LogP contribution in [0.3, 0.4) is 0 Å². The lowest BCUT2D eigenvalue weighted by Gasteiger charge is -2.08. The summed E-state index contributed by atoms with van der Waals surface area (Å²) in [5.41, 5.74) is 3.13. The summed E-state index contributed by atoms with van der Waals surface area (Å²) in [5, 5.41) is 23.5. The largest absolute Gasteiger partial charge is 0.507 e. The molecular formula is C17H18N2O4. The van der Waals surface area contributed by atoms with E-state index in [2.05, 4.69) is 10.5 Å². The van der Waals surface area contributed by atoms with Crippen LogP contribution >= 0.6 is 0 Å². The van der Waals surface area contributed by atoms with E-state index in [1.807, 2.05) is 6.92 Å². The molecule has 0 aliphatic rings. The van der Waals surface area contributed by atoms with Crippen molar-refractivity contribution in [3.8, 4) is 11.5 Å². The number of carbonyl (C=O) groups excluding carboxylic acids is 1. The number of aliphatic hydroxyl groups excluding tert-OH is 1. The van der Waals surface area contributed by atoms with Crippen LogP contribution in [0.1, 0.15) is 24.2 Å². The molecule has 0 fully saturated rings. The van der Waals surface area contributed by atoms with E-state index in [1.165, 1.54) is 12.3 Å². The maximum absolute atomic E-state index is 11.8. The molecule has 0 aliphatic heterocycles. The van der Waals surface area contributed by atoms with E-state index in [0.29, 0.717) is 23.5 Å². The fraction of sp³-hybridized carbons (Fsp3) is 0.176. The van der Waals surface area contributed by atoms with Crippen LogP contribution in [0.15, 0.2) is 53.6 Å². The summed E-state index contributed by atoms with van der Waals surface area (Å²) in [4.78, 5) is 11.8. The van der Waals surface area contributed by atoms with Crippen LogP contribution in [-0.4, -0.2) is 28.9 Å². The number of aliphatic hydroxyl groups is 1. The van der Waals surface area contributed by atoms with Crippen LogP contribution in [0.4, 0.5) is 0 Å². The highest BCUT2D eigenvalue weighted by Gasteiger charge is 2.15. The zero-order valence-corrected chi connectivity index (χ0v) is 12.6. The summed E-state index contributed by atoms with van der Waals surface area (Å²) in [6, 6.07) is 13.3. The normalized spacial score (nSPS) is 12.1. The molecule has 0 aromatic heterocycles. The Labute approximate surface area is 134 Å². The molecule has 0 bridgehead atoms. The van der Waals surface area contributed by atoms with Crippen LogP contribution in [0.2, 0.25) is 0 Å². The predicted octanol–water partition coefficient (Wildman–Crippen LogP) is 1.97. The van der Waals surface area contributed by atoms with Crippen molar-refractivity contribution >= 4 is 12.1 Å².